The number of hydrogen-bond donors (Lipinski definition) is 0. The van der Waals surface area contributed by atoms with Crippen LogP contribution in [0.4, 0.5) is 0 Å². The predicted octanol–water partition coefficient (Wildman–Crippen LogP) is 6.58. The summed E-state index contributed by atoms with van der Waals surface area (Å²) in [6.45, 7) is 12.0. The van der Waals surface area contributed by atoms with Crippen LogP contribution in [0.1, 0.15) is 69.6 Å². The number of hydrogen-bond acceptors (Lipinski definition) is 1. The second-order valence-corrected chi connectivity index (χ2v) is 7.57. The maximum absolute atomic E-state index is 5.94. The molecule has 24 heavy (non-hydrogen) atoms. The van der Waals surface area contributed by atoms with Crippen LogP contribution in [0.3, 0.4) is 0 Å². The van der Waals surface area contributed by atoms with Crippen molar-refractivity contribution in [2.75, 3.05) is 6.61 Å². The maximum atomic E-state index is 5.94. The highest BCUT2D eigenvalue weighted by molar-refractivity contribution is 5.29. The molecule has 0 aliphatic heterocycles. The second-order valence-electron chi connectivity index (χ2n) is 7.57. The van der Waals surface area contributed by atoms with Crippen LogP contribution in [-0.4, -0.2) is 6.61 Å². The van der Waals surface area contributed by atoms with Crippen molar-refractivity contribution in [1.29, 1.82) is 0 Å². The standard InChI is InChI=1S/C23H32O/c1-17(2)21-10-8-20(9-11-21)7-6-19(5)16-24-23-14-12-22(13-15-23)18(3)4/h8-15,17-19H,6-7,16H2,1-5H3. The highest BCUT2D eigenvalue weighted by Crippen LogP contribution is 2.20. The lowest BCUT2D eigenvalue weighted by atomic mass is 9.98. The van der Waals surface area contributed by atoms with E-state index in [1.807, 2.05) is 0 Å². The monoisotopic (exact) mass is 324 g/mol. The van der Waals surface area contributed by atoms with E-state index in [0.717, 1.165) is 25.2 Å². The van der Waals surface area contributed by atoms with Crippen molar-refractivity contribution in [3.05, 3.63) is 65.2 Å². The van der Waals surface area contributed by atoms with Crippen molar-refractivity contribution in [2.45, 2.75) is 59.3 Å². The van der Waals surface area contributed by atoms with Gasteiger partial charge in [-0.3, -0.25) is 0 Å². The van der Waals surface area contributed by atoms with Gasteiger partial charge in [0.1, 0.15) is 5.75 Å². The molecule has 0 amide bonds. The molecule has 2 aromatic carbocycles. The summed E-state index contributed by atoms with van der Waals surface area (Å²) in [5.74, 6) is 2.71. The predicted molar refractivity (Wildman–Crippen MR) is 104 cm³/mol. The van der Waals surface area contributed by atoms with Gasteiger partial charge in [0, 0.05) is 0 Å². The molecule has 2 aromatic rings. The van der Waals surface area contributed by atoms with Crippen molar-refractivity contribution in [1.82, 2.24) is 0 Å². The Labute approximate surface area is 148 Å². The maximum Gasteiger partial charge on any atom is 0.119 e. The molecule has 0 spiro atoms. The molecular weight excluding hydrogens is 292 g/mol. The lowest BCUT2D eigenvalue weighted by molar-refractivity contribution is 0.252. The molecule has 1 atom stereocenters. The first-order valence-corrected chi connectivity index (χ1v) is 9.27. The van der Waals surface area contributed by atoms with Gasteiger partial charge in [0.25, 0.3) is 0 Å². The fourth-order valence-electron chi connectivity index (χ4n) is 2.75. The third kappa shape index (κ3) is 5.70. The van der Waals surface area contributed by atoms with Gasteiger partial charge in [0.15, 0.2) is 0 Å². The van der Waals surface area contributed by atoms with E-state index < -0.39 is 0 Å². The van der Waals surface area contributed by atoms with Crippen LogP contribution in [0.25, 0.3) is 0 Å². The zero-order valence-electron chi connectivity index (χ0n) is 15.9. The van der Waals surface area contributed by atoms with Gasteiger partial charge in [-0.1, -0.05) is 71.0 Å². The molecule has 0 saturated heterocycles. The second kappa shape index (κ2) is 8.92. The summed E-state index contributed by atoms with van der Waals surface area (Å²) in [6.07, 6.45) is 2.28. The van der Waals surface area contributed by atoms with Gasteiger partial charge in [0.2, 0.25) is 0 Å². The van der Waals surface area contributed by atoms with Crippen molar-refractivity contribution in [2.24, 2.45) is 5.92 Å². The molecule has 0 fully saturated rings. The van der Waals surface area contributed by atoms with Crippen LogP contribution in [0.5, 0.6) is 5.75 Å². The molecule has 0 aliphatic rings. The minimum atomic E-state index is 0.555. The van der Waals surface area contributed by atoms with Gasteiger partial charge in [-0.25, -0.2) is 0 Å². The van der Waals surface area contributed by atoms with Gasteiger partial charge < -0.3 is 4.74 Å². The molecule has 0 N–H and O–H groups in total. The highest BCUT2D eigenvalue weighted by atomic mass is 16.5. The summed E-state index contributed by atoms with van der Waals surface area (Å²) in [5.41, 5.74) is 4.20. The molecule has 0 aliphatic carbocycles. The Hall–Kier alpha value is -1.76. The Bertz CT molecular complexity index is 537. The first-order chi connectivity index (χ1) is 11.5. The lowest BCUT2D eigenvalue weighted by Crippen LogP contribution is -2.09. The van der Waals surface area contributed by atoms with Crippen LogP contribution in [0.15, 0.2) is 48.5 Å². The first-order valence-electron chi connectivity index (χ1n) is 9.27. The number of rotatable bonds is 8. The van der Waals surface area contributed by atoms with E-state index >= 15 is 0 Å². The SMILES string of the molecule is CC(CCc1ccc(C(C)C)cc1)COc1ccc(C(C)C)cc1. The van der Waals surface area contributed by atoms with Crippen molar-refractivity contribution < 1.29 is 4.74 Å². The summed E-state index contributed by atoms with van der Waals surface area (Å²) >= 11 is 0. The summed E-state index contributed by atoms with van der Waals surface area (Å²) in [7, 11) is 0. The summed E-state index contributed by atoms with van der Waals surface area (Å²) in [4.78, 5) is 0. The largest absolute Gasteiger partial charge is 0.493 e. The molecule has 1 heteroatoms. The normalized spacial score (nSPS) is 12.6. The van der Waals surface area contributed by atoms with E-state index in [4.69, 9.17) is 4.74 Å². The number of ether oxygens (including phenoxy) is 1. The van der Waals surface area contributed by atoms with Crippen LogP contribution in [-0.2, 0) is 6.42 Å². The van der Waals surface area contributed by atoms with Crippen LogP contribution in [0.2, 0.25) is 0 Å². The van der Waals surface area contributed by atoms with Crippen molar-refractivity contribution >= 4 is 0 Å². The molecule has 1 unspecified atom stereocenters. The first kappa shape index (κ1) is 18.6. The van der Waals surface area contributed by atoms with Gasteiger partial charge in [-0.2, -0.15) is 0 Å². The van der Waals surface area contributed by atoms with Crippen molar-refractivity contribution in [3.8, 4) is 5.75 Å². The Morgan fingerprint density at radius 2 is 1.21 bits per heavy atom. The third-order valence-corrected chi connectivity index (χ3v) is 4.65. The average Bonchev–Trinajstić information content (AvgIpc) is 2.58. The smallest absolute Gasteiger partial charge is 0.119 e. The number of aryl methyl sites for hydroxylation is 1. The van der Waals surface area contributed by atoms with E-state index in [2.05, 4.69) is 83.1 Å². The van der Waals surface area contributed by atoms with E-state index in [9.17, 15) is 0 Å². The Balaban J connectivity index is 1.75. The molecule has 2 rings (SSSR count). The molecular formula is C23H32O. The van der Waals surface area contributed by atoms with Crippen LogP contribution >= 0.6 is 0 Å². The Kier molecular flexibility index (Phi) is 6.90. The third-order valence-electron chi connectivity index (χ3n) is 4.65. The lowest BCUT2D eigenvalue weighted by Gasteiger charge is -2.14. The minimum Gasteiger partial charge on any atom is -0.493 e. The van der Waals surface area contributed by atoms with Gasteiger partial charge in [0.05, 0.1) is 6.61 Å². The van der Waals surface area contributed by atoms with Crippen LogP contribution in [0, 0.1) is 5.92 Å². The molecule has 1 nitrogen and oxygen atoms in total. The Morgan fingerprint density at radius 1 is 0.708 bits per heavy atom. The zero-order chi connectivity index (χ0) is 17.5. The zero-order valence-corrected chi connectivity index (χ0v) is 15.9. The summed E-state index contributed by atoms with van der Waals surface area (Å²) in [5, 5.41) is 0. The molecule has 130 valence electrons. The molecule has 0 aromatic heterocycles. The average molecular weight is 325 g/mol. The highest BCUT2D eigenvalue weighted by Gasteiger charge is 2.06. The van der Waals surface area contributed by atoms with Gasteiger partial charge in [-0.15, -0.1) is 0 Å². The minimum absolute atomic E-state index is 0.555. The fraction of sp³-hybridized carbons (Fsp3) is 0.478. The van der Waals surface area contributed by atoms with E-state index in [1.54, 1.807) is 0 Å². The molecule has 0 saturated carbocycles. The van der Waals surface area contributed by atoms with Crippen molar-refractivity contribution in [3.63, 3.8) is 0 Å². The van der Waals surface area contributed by atoms with Crippen LogP contribution < -0.4 is 4.74 Å². The summed E-state index contributed by atoms with van der Waals surface area (Å²) in [6, 6.07) is 17.6. The quantitative estimate of drug-likeness (QED) is 0.533. The summed E-state index contributed by atoms with van der Waals surface area (Å²) < 4.78 is 5.94. The molecule has 0 heterocycles. The van der Waals surface area contributed by atoms with Gasteiger partial charge in [-0.05, 0) is 59.4 Å². The fourth-order valence-corrected chi connectivity index (χ4v) is 2.75. The van der Waals surface area contributed by atoms with E-state index in [1.165, 1.54) is 16.7 Å². The topological polar surface area (TPSA) is 9.23 Å². The van der Waals surface area contributed by atoms with E-state index in [0.29, 0.717) is 17.8 Å². The van der Waals surface area contributed by atoms with E-state index in [-0.39, 0.29) is 0 Å². The molecule has 0 radical (unpaired) electrons. The van der Waals surface area contributed by atoms with Gasteiger partial charge >= 0.3 is 0 Å². The number of benzene rings is 2. The Morgan fingerprint density at radius 3 is 1.71 bits per heavy atom. The molecule has 0 bridgehead atoms.